The van der Waals surface area contributed by atoms with Gasteiger partial charge in [-0.15, -0.1) is 0 Å². The van der Waals surface area contributed by atoms with E-state index >= 15 is 0 Å². The van der Waals surface area contributed by atoms with E-state index in [1.54, 1.807) is 24.3 Å². The zero-order valence-corrected chi connectivity index (χ0v) is 14.8. The van der Waals surface area contributed by atoms with Gasteiger partial charge in [0.25, 0.3) is 5.91 Å². The molecule has 1 atom stereocenters. The van der Waals surface area contributed by atoms with Crippen molar-refractivity contribution in [1.82, 2.24) is 10.3 Å². The maximum Gasteiger partial charge on any atom is 0.270 e. The first-order valence-electron chi connectivity index (χ1n) is 8.71. The Balaban J connectivity index is 1.70. The number of pyridine rings is 1. The molecule has 1 unspecified atom stereocenters. The highest BCUT2D eigenvalue weighted by Gasteiger charge is 2.21. The van der Waals surface area contributed by atoms with Crippen LogP contribution in [0.5, 0.6) is 5.75 Å². The normalized spacial score (nSPS) is 15.2. The Kier molecular flexibility index (Phi) is 5.87. The van der Waals surface area contributed by atoms with Gasteiger partial charge in [0.2, 0.25) is 5.91 Å². The van der Waals surface area contributed by atoms with Crippen LogP contribution in [0.1, 0.15) is 16.1 Å². The van der Waals surface area contributed by atoms with Gasteiger partial charge in [0.15, 0.2) is 0 Å². The minimum absolute atomic E-state index is 0.127. The highest BCUT2D eigenvalue weighted by Crippen LogP contribution is 2.14. The molecule has 2 amide bonds. The van der Waals surface area contributed by atoms with Gasteiger partial charge in [-0.25, -0.2) is 4.98 Å². The largest absolute Gasteiger partial charge is 0.508 e. The second kappa shape index (κ2) is 8.50. The number of rotatable bonds is 6. The van der Waals surface area contributed by atoms with Gasteiger partial charge in [-0.3, -0.25) is 9.59 Å². The molecular formula is C19H22N4O4. The number of aromatic nitrogens is 1. The molecule has 2 heterocycles. The number of anilines is 1. The average Bonchev–Trinajstić information content (AvgIpc) is 2.69. The topological polar surface area (TPSA) is 118 Å². The van der Waals surface area contributed by atoms with E-state index in [2.05, 4.69) is 10.3 Å². The molecule has 0 bridgehead atoms. The van der Waals surface area contributed by atoms with Crippen LogP contribution in [0.2, 0.25) is 0 Å². The SMILES string of the molecule is NC(=O)C(Cc1ccc(O)cc1)NC(=O)c1cccc(N2CCOCC2)n1. The van der Waals surface area contributed by atoms with E-state index in [0.717, 1.165) is 5.56 Å². The summed E-state index contributed by atoms with van der Waals surface area (Å²) in [5.74, 6) is -0.281. The monoisotopic (exact) mass is 370 g/mol. The van der Waals surface area contributed by atoms with Crippen LogP contribution in [0.25, 0.3) is 0 Å². The molecule has 1 aliphatic rings. The third kappa shape index (κ3) is 4.95. The highest BCUT2D eigenvalue weighted by atomic mass is 16.5. The van der Waals surface area contributed by atoms with Gasteiger partial charge >= 0.3 is 0 Å². The lowest BCUT2D eigenvalue weighted by atomic mass is 10.1. The van der Waals surface area contributed by atoms with E-state index in [0.29, 0.717) is 32.1 Å². The van der Waals surface area contributed by atoms with Gasteiger partial charge in [0.1, 0.15) is 23.3 Å². The van der Waals surface area contributed by atoms with Crippen molar-refractivity contribution in [2.24, 2.45) is 5.73 Å². The number of nitrogens with zero attached hydrogens (tertiary/aromatic N) is 2. The van der Waals surface area contributed by atoms with Crippen LogP contribution in [-0.2, 0) is 16.0 Å². The minimum atomic E-state index is -0.879. The molecule has 1 aromatic carbocycles. The van der Waals surface area contributed by atoms with Gasteiger partial charge in [0, 0.05) is 19.5 Å². The Morgan fingerprint density at radius 1 is 1.19 bits per heavy atom. The zero-order valence-electron chi connectivity index (χ0n) is 14.8. The summed E-state index contributed by atoms with van der Waals surface area (Å²) in [6, 6.07) is 10.7. The van der Waals surface area contributed by atoms with Crippen LogP contribution < -0.4 is 16.0 Å². The molecule has 1 aromatic heterocycles. The number of amides is 2. The van der Waals surface area contributed by atoms with Crippen molar-refractivity contribution >= 4 is 17.6 Å². The second-order valence-corrected chi connectivity index (χ2v) is 6.28. The molecule has 0 radical (unpaired) electrons. The Morgan fingerprint density at radius 2 is 1.89 bits per heavy atom. The third-order valence-corrected chi connectivity index (χ3v) is 4.33. The van der Waals surface area contributed by atoms with Crippen molar-refractivity contribution in [1.29, 1.82) is 0 Å². The number of hydrogen-bond acceptors (Lipinski definition) is 6. The number of carbonyl (C=O) groups is 2. The maximum absolute atomic E-state index is 12.6. The zero-order chi connectivity index (χ0) is 19.2. The number of carbonyl (C=O) groups excluding carboxylic acids is 2. The van der Waals surface area contributed by atoms with E-state index in [4.69, 9.17) is 10.5 Å². The average molecular weight is 370 g/mol. The summed E-state index contributed by atoms with van der Waals surface area (Å²) in [4.78, 5) is 30.8. The standard InChI is InChI=1S/C19H22N4O4/c20-18(25)16(12-13-4-6-14(24)7-5-13)22-19(26)15-2-1-3-17(21-15)23-8-10-27-11-9-23/h1-7,16,24H,8-12H2,(H2,20,25)(H,22,26). The molecule has 8 nitrogen and oxygen atoms in total. The Labute approximate surface area is 157 Å². The second-order valence-electron chi connectivity index (χ2n) is 6.28. The number of nitrogens with one attached hydrogen (secondary N) is 1. The summed E-state index contributed by atoms with van der Waals surface area (Å²) in [7, 11) is 0. The minimum Gasteiger partial charge on any atom is -0.508 e. The molecule has 0 spiro atoms. The van der Waals surface area contributed by atoms with Crippen LogP contribution in [0.15, 0.2) is 42.5 Å². The third-order valence-electron chi connectivity index (χ3n) is 4.33. The number of nitrogens with two attached hydrogens (primary N) is 1. The first kappa shape index (κ1) is 18.7. The van der Waals surface area contributed by atoms with Crippen LogP contribution >= 0.6 is 0 Å². The molecule has 1 fully saturated rings. The fourth-order valence-corrected chi connectivity index (χ4v) is 2.84. The molecule has 1 saturated heterocycles. The summed E-state index contributed by atoms with van der Waals surface area (Å²) in [5, 5.41) is 12.0. The smallest absolute Gasteiger partial charge is 0.270 e. The molecule has 4 N–H and O–H groups in total. The lowest BCUT2D eigenvalue weighted by Crippen LogP contribution is -2.46. The van der Waals surface area contributed by atoms with E-state index in [1.807, 2.05) is 11.0 Å². The van der Waals surface area contributed by atoms with Crippen LogP contribution in [0.3, 0.4) is 0 Å². The molecule has 1 aliphatic heterocycles. The number of hydrogen-bond donors (Lipinski definition) is 3. The Bertz CT molecular complexity index is 804. The van der Waals surface area contributed by atoms with E-state index in [9.17, 15) is 14.7 Å². The number of primary amides is 1. The number of phenolic OH excluding ortho intramolecular Hbond substituents is 1. The lowest BCUT2D eigenvalue weighted by Gasteiger charge is -2.28. The summed E-state index contributed by atoms with van der Waals surface area (Å²) < 4.78 is 5.33. The number of phenols is 1. The first-order valence-corrected chi connectivity index (χ1v) is 8.71. The first-order chi connectivity index (χ1) is 13.0. The van der Waals surface area contributed by atoms with Crippen LogP contribution in [0.4, 0.5) is 5.82 Å². The van der Waals surface area contributed by atoms with Crippen molar-refractivity contribution in [3.05, 3.63) is 53.7 Å². The maximum atomic E-state index is 12.6. The Hall–Kier alpha value is -3.13. The van der Waals surface area contributed by atoms with Gasteiger partial charge in [-0.05, 0) is 29.8 Å². The summed E-state index contributed by atoms with van der Waals surface area (Å²) in [6.07, 6.45) is 0.227. The number of benzene rings is 1. The van der Waals surface area contributed by atoms with E-state index in [1.165, 1.54) is 12.1 Å². The van der Waals surface area contributed by atoms with Gasteiger partial charge in [0.05, 0.1) is 13.2 Å². The van der Waals surface area contributed by atoms with Gasteiger partial charge in [-0.1, -0.05) is 18.2 Å². The quantitative estimate of drug-likeness (QED) is 0.680. The van der Waals surface area contributed by atoms with Crippen molar-refractivity contribution < 1.29 is 19.4 Å². The van der Waals surface area contributed by atoms with Crippen LogP contribution in [-0.4, -0.2) is 54.2 Å². The van der Waals surface area contributed by atoms with Crippen molar-refractivity contribution in [3.63, 3.8) is 0 Å². The molecule has 0 saturated carbocycles. The molecular weight excluding hydrogens is 348 g/mol. The molecule has 27 heavy (non-hydrogen) atoms. The fourth-order valence-electron chi connectivity index (χ4n) is 2.84. The lowest BCUT2D eigenvalue weighted by molar-refractivity contribution is -0.119. The fraction of sp³-hybridized carbons (Fsp3) is 0.316. The summed E-state index contributed by atoms with van der Waals surface area (Å²) in [5.41, 5.74) is 6.43. The summed E-state index contributed by atoms with van der Waals surface area (Å²) in [6.45, 7) is 2.66. The van der Waals surface area contributed by atoms with E-state index in [-0.39, 0.29) is 17.9 Å². The van der Waals surface area contributed by atoms with Crippen molar-refractivity contribution in [2.75, 3.05) is 31.2 Å². The highest BCUT2D eigenvalue weighted by molar-refractivity contribution is 5.96. The predicted octanol–water partition coefficient (Wildman–Crippen LogP) is 0.450. The molecule has 142 valence electrons. The van der Waals surface area contributed by atoms with Gasteiger partial charge < -0.3 is 25.8 Å². The molecule has 0 aliphatic carbocycles. The van der Waals surface area contributed by atoms with Crippen molar-refractivity contribution in [2.45, 2.75) is 12.5 Å². The number of aromatic hydroxyl groups is 1. The molecule has 3 rings (SSSR count). The van der Waals surface area contributed by atoms with Gasteiger partial charge in [-0.2, -0.15) is 0 Å². The number of ether oxygens (including phenoxy) is 1. The van der Waals surface area contributed by atoms with Crippen LogP contribution in [0, 0.1) is 0 Å². The van der Waals surface area contributed by atoms with Crippen molar-refractivity contribution in [3.8, 4) is 5.75 Å². The summed E-state index contributed by atoms with van der Waals surface area (Å²) >= 11 is 0. The van der Waals surface area contributed by atoms with E-state index < -0.39 is 17.9 Å². The number of morpholine rings is 1. The molecule has 8 heteroatoms. The molecule has 2 aromatic rings. The Morgan fingerprint density at radius 3 is 2.56 bits per heavy atom. The predicted molar refractivity (Wildman–Crippen MR) is 99.5 cm³/mol.